The molecule has 4 heteroatoms. The highest BCUT2D eigenvalue weighted by Crippen LogP contribution is 2.24. The van der Waals surface area contributed by atoms with E-state index in [9.17, 15) is 0 Å². The van der Waals surface area contributed by atoms with Gasteiger partial charge in [0.25, 0.3) is 0 Å². The summed E-state index contributed by atoms with van der Waals surface area (Å²) < 4.78 is 0. The average molecular weight is 224 g/mol. The Morgan fingerprint density at radius 1 is 1.29 bits per heavy atom. The normalized spacial score (nSPS) is 9.65. The highest BCUT2D eigenvalue weighted by molar-refractivity contribution is 5.73. The van der Waals surface area contributed by atoms with Crippen molar-refractivity contribution in [2.75, 3.05) is 11.1 Å². The first-order valence-electron chi connectivity index (χ1n) is 5.19. The van der Waals surface area contributed by atoms with Crippen molar-refractivity contribution < 1.29 is 0 Å². The van der Waals surface area contributed by atoms with Gasteiger partial charge in [-0.25, -0.2) is 4.98 Å². The van der Waals surface area contributed by atoms with Crippen LogP contribution in [-0.2, 0) is 0 Å². The number of benzene rings is 1. The second kappa shape index (κ2) is 4.54. The van der Waals surface area contributed by atoms with Crippen molar-refractivity contribution in [3.8, 4) is 6.07 Å². The Balaban J connectivity index is 2.37. The number of pyridine rings is 1. The molecule has 2 rings (SSSR count). The summed E-state index contributed by atoms with van der Waals surface area (Å²) in [5.41, 5.74) is 8.81. The molecule has 1 heterocycles. The topological polar surface area (TPSA) is 74.7 Å². The van der Waals surface area contributed by atoms with Crippen LogP contribution in [0.4, 0.5) is 17.2 Å². The van der Waals surface area contributed by atoms with Gasteiger partial charge in [-0.2, -0.15) is 5.26 Å². The van der Waals surface area contributed by atoms with E-state index in [2.05, 4.69) is 16.4 Å². The number of hydrogen-bond acceptors (Lipinski definition) is 4. The van der Waals surface area contributed by atoms with E-state index in [1.165, 1.54) is 0 Å². The number of nitrogens with two attached hydrogens (primary N) is 1. The maximum atomic E-state index is 9.05. The molecule has 0 amide bonds. The summed E-state index contributed by atoms with van der Waals surface area (Å²) in [6.07, 6.45) is 1.63. The standard InChI is InChI=1S/C13H12N4/c1-9-4-5-11(10(7-9)8-14)17-12-3-2-6-16-13(12)15/h2-7,17H,1H3,(H2,15,16). The number of aromatic nitrogens is 1. The van der Waals surface area contributed by atoms with E-state index in [-0.39, 0.29) is 0 Å². The van der Waals surface area contributed by atoms with Crippen LogP contribution in [0.1, 0.15) is 11.1 Å². The fourth-order valence-electron chi connectivity index (χ4n) is 1.53. The van der Waals surface area contributed by atoms with Crippen LogP contribution in [0.3, 0.4) is 0 Å². The molecular formula is C13H12N4. The van der Waals surface area contributed by atoms with E-state index in [0.29, 0.717) is 17.1 Å². The largest absolute Gasteiger partial charge is 0.382 e. The summed E-state index contributed by atoms with van der Waals surface area (Å²) in [5.74, 6) is 0.414. The second-order valence-electron chi connectivity index (χ2n) is 3.72. The SMILES string of the molecule is Cc1ccc(Nc2cccnc2N)c(C#N)c1. The molecule has 0 unspecified atom stereocenters. The van der Waals surface area contributed by atoms with Gasteiger partial charge < -0.3 is 11.1 Å². The Kier molecular flexibility index (Phi) is 2.93. The van der Waals surface area contributed by atoms with Crippen molar-refractivity contribution in [1.82, 2.24) is 4.98 Å². The van der Waals surface area contributed by atoms with Crippen molar-refractivity contribution in [2.45, 2.75) is 6.92 Å². The smallest absolute Gasteiger partial charge is 0.147 e. The quantitative estimate of drug-likeness (QED) is 0.822. The Morgan fingerprint density at radius 3 is 2.82 bits per heavy atom. The van der Waals surface area contributed by atoms with E-state index in [1.54, 1.807) is 12.3 Å². The monoisotopic (exact) mass is 224 g/mol. The van der Waals surface area contributed by atoms with Gasteiger partial charge in [0.15, 0.2) is 0 Å². The summed E-state index contributed by atoms with van der Waals surface area (Å²) in [6.45, 7) is 1.95. The van der Waals surface area contributed by atoms with Gasteiger partial charge in [0.1, 0.15) is 11.9 Å². The Bertz CT molecular complexity index is 584. The average Bonchev–Trinajstić information content (AvgIpc) is 2.34. The lowest BCUT2D eigenvalue weighted by molar-refractivity contribution is 1.32. The number of nitrogen functional groups attached to an aromatic ring is 1. The molecular weight excluding hydrogens is 212 g/mol. The molecule has 0 saturated carbocycles. The second-order valence-corrected chi connectivity index (χ2v) is 3.72. The highest BCUT2D eigenvalue weighted by atomic mass is 15.0. The summed E-state index contributed by atoms with van der Waals surface area (Å²) in [4.78, 5) is 3.98. The molecule has 84 valence electrons. The molecule has 0 fully saturated rings. The van der Waals surface area contributed by atoms with Crippen LogP contribution in [0.15, 0.2) is 36.5 Å². The van der Waals surface area contributed by atoms with Crippen LogP contribution in [-0.4, -0.2) is 4.98 Å². The van der Waals surface area contributed by atoms with Gasteiger partial charge >= 0.3 is 0 Å². The number of nitrogens with one attached hydrogen (secondary N) is 1. The zero-order valence-electron chi connectivity index (χ0n) is 9.44. The van der Waals surface area contributed by atoms with E-state index in [4.69, 9.17) is 11.0 Å². The third-order valence-electron chi connectivity index (χ3n) is 2.40. The van der Waals surface area contributed by atoms with Crippen LogP contribution in [0.5, 0.6) is 0 Å². The molecule has 0 aliphatic rings. The first-order valence-corrected chi connectivity index (χ1v) is 5.19. The lowest BCUT2D eigenvalue weighted by atomic mass is 10.1. The van der Waals surface area contributed by atoms with Crippen molar-refractivity contribution in [1.29, 1.82) is 5.26 Å². The zero-order chi connectivity index (χ0) is 12.3. The molecule has 0 spiro atoms. The van der Waals surface area contributed by atoms with Gasteiger partial charge in [-0.1, -0.05) is 6.07 Å². The molecule has 0 bridgehead atoms. The van der Waals surface area contributed by atoms with Gasteiger partial charge in [0.05, 0.1) is 16.9 Å². The zero-order valence-corrected chi connectivity index (χ0v) is 9.44. The lowest BCUT2D eigenvalue weighted by Gasteiger charge is -2.10. The number of anilines is 3. The summed E-state index contributed by atoms with van der Waals surface area (Å²) in [7, 11) is 0. The lowest BCUT2D eigenvalue weighted by Crippen LogP contribution is -1.99. The predicted octanol–water partition coefficient (Wildman–Crippen LogP) is 2.59. The molecule has 0 aliphatic carbocycles. The third-order valence-corrected chi connectivity index (χ3v) is 2.40. The molecule has 4 nitrogen and oxygen atoms in total. The van der Waals surface area contributed by atoms with Gasteiger partial charge in [-0.3, -0.25) is 0 Å². The number of nitrogens with zero attached hydrogens (tertiary/aromatic N) is 2. The maximum Gasteiger partial charge on any atom is 0.147 e. The van der Waals surface area contributed by atoms with Crippen molar-refractivity contribution in [3.05, 3.63) is 47.7 Å². The molecule has 1 aromatic carbocycles. The Morgan fingerprint density at radius 2 is 2.12 bits per heavy atom. The summed E-state index contributed by atoms with van der Waals surface area (Å²) >= 11 is 0. The molecule has 17 heavy (non-hydrogen) atoms. The van der Waals surface area contributed by atoms with E-state index in [0.717, 1.165) is 11.3 Å². The number of aryl methyl sites for hydroxylation is 1. The third kappa shape index (κ3) is 2.34. The van der Waals surface area contributed by atoms with Crippen LogP contribution in [0.2, 0.25) is 0 Å². The molecule has 2 aromatic rings. The summed E-state index contributed by atoms with van der Waals surface area (Å²) in [6, 6.07) is 11.4. The van der Waals surface area contributed by atoms with Gasteiger partial charge in [0, 0.05) is 6.20 Å². The maximum absolute atomic E-state index is 9.05. The van der Waals surface area contributed by atoms with Gasteiger partial charge in [-0.15, -0.1) is 0 Å². The van der Waals surface area contributed by atoms with E-state index >= 15 is 0 Å². The van der Waals surface area contributed by atoms with Crippen LogP contribution in [0, 0.1) is 18.3 Å². The minimum absolute atomic E-state index is 0.414. The number of hydrogen-bond donors (Lipinski definition) is 2. The fourth-order valence-corrected chi connectivity index (χ4v) is 1.53. The van der Waals surface area contributed by atoms with Gasteiger partial charge in [0.2, 0.25) is 0 Å². The molecule has 0 saturated heterocycles. The molecule has 0 atom stereocenters. The molecule has 1 aromatic heterocycles. The first kappa shape index (κ1) is 11.0. The minimum Gasteiger partial charge on any atom is -0.382 e. The van der Waals surface area contributed by atoms with E-state index in [1.807, 2.05) is 31.2 Å². The Labute approximate surface area is 99.7 Å². The van der Waals surface area contributed by atoms with E-state index < -0.39 is 0 Å². The molecule has 3 N–H and O–H groups in total. The predicted molar refractivity (Wildman–Crippen MR) is 67.8 cm³/mol. The fraction of sp³-hybridized carbons (Fsp3) is 0.0769. The van der Waals surface area contributed by atoms with Crippen molar-refractivity contribution in [2.24, 2.45) is 0 Å². The molecule has 0 radical (unpaired) electrons. The number of nitriles is 1. The van der Waals surface area contributed by atoms with Crippen molar-refractivity contribution in [3.63, 3.8) is 0 Å². The first-order chi connectivity index (χ1) is 8.20. The van der Waals surface area contributed by atoms with Crippen LogP contribution < -0.4 is 11.1 Å². The van der Waals surface area contributed by atoms with Crippen LogP contribution in [0.25, 0.3) is 0 Å². The number of rotatable bonds is 2. The highest BCUT2D eigenvalue weighted by Gasteiger charge is 2.04. The summed E-state index contributed by atoms with van der Waals surface area (Å²) in [5, 5.41) is 12.2. The molecule has 0 aliphatic heterocycles. The Hall–Kier alpha value is -2.54. The van der Waals surface area contributed by atoms with Crippen molar-refractivity contribution >= 4 is 17.2 Å². The van der Waals surface area contributed by atoms with Gasteiger partial charge in [-0.05, 0) is 36.8 Å². The van der Waals surface area contributed by atoms with Crippen LogP contribution >= 0.6 is 0 Å². The minimum atomic E-state index is 0.414.